The summed E-state index contributed by atoms with van der Waals surface area (Å²) in [7, 11) is 0. The second-order valence-corrected chi connectivity index (χ2v) is 8.40. The molecule has 0 saturated carbocycles. The van der Waals surface area contributed by atoms with E-state index >= 15 is 0 Å². The van der Waals surface area contributed by atoms with Crippen LogP contribution in [0.1, 0.15) is 21.6 Å². The van der Waals surface area contributed by atoms with E-state index in [1.807, 2.05) is 64.1 Å². The van der Waals surface area contributed by atoms with Crippen molar-refractivity contribution in [2.24, 2.45) is 0 Å². The number of imidazole rings is 1. The molecule has 5 aromatic rings. The lowest BCUT2D eigenvalue weighted by molar-refractivity contribution is -0.192. The minimum Gasteiger partial charge on any atom is -0.475 e. The fourth-order valence-electron chi connectivity index (χ4n) is 3.71. The first kappa shape index (κ1) is 28.0. The number of aliphatic carboxylic acids is 1. The Balaban J connectivity index is 0.000000470. The van der Waals surface area contributed by atoms with Gasteiger partial charge in [-0.15, -0.1) is 0 Å². The van der Waals surface area contributed by atoms with E-state index in [0.717, 1.165) is 23.3 Å². The molecule has 13 heteroatoms. The number of nitrogens with one attached hydrogen (secondary N) is 1. The van der Waals surface area contributed by atoms with Crippen molar-refractivity contribution in [1.29, 1.82) is 0 Å². The van der Waals surface area contributed by atoms with Crippen LogP contribution in [0.25, 0.3) is 16.9 Å². The van der Waals surface area contributed by atoms with E-state index in [0.29, 0.717) is 17.9 Å². The summed E-state index contributed by atoms with van der Waals surface area (Å²) in [4.78, 5) is 30.5. The number of fused-ring (bicyclic) bond motifs is 1. The van der Waals surface area contributed by atoms with Crippen LogP contribution < -0.4 is 5.32 Å². The molecule has 2 N–H and O–H groups in total. The average molecular weight is 557 g/mol. The van der Waals surface area contributed by atoms with Crippen LogP contribution in [0.2, 0.25) is 0 Å². The first-order chi connectivity index (χ1) is 19.0. The number of hydrogen-bond donors (Lipinski definition) is 2. The van der Waals surface area contributed by atoms with Gasteiger partial charge in [0.05, 0.1) is 5.52 Å². The van der Waals surface area contributed by atoms with Crippen molar-refractivity contribution < 1.29 is 36.6 Å². The summed E-state index contributed by atoms with van der Waals surface area (Å²) >= 11 is 0. The van der Waals surface area contributed by atoms with Crippen LogP contribution in [0.4, 0.5) is 22.0 Å². The maximum absolute atomic E-state index is 13.9. The first-order valence-electron chi connectivity index (χ1n) is 11.6. The standard InChI is InChI=1S/C25H19F2N5O.C2HF3O2/c26-20-7-6-18(21(27)12-20)14-29-25(33)23-22-5-1-2-10-32(22)24(30-23)19-8-11-31(16-19)15-17-4-3-9-28-13-17;3-2(4,5)1(6)7/h1-13,16H,14-15H2,(H,29,33);(H,6,7). The third-order valence-electron chi connectivity index (χ3n) is 5.56. The number of carboxylic acid groups (broad SMARTS) is 1. The van der Waals surface area contributed by atoms with Crippen LogP contribution >= 0.6 is 0 Å². The monoisotopic (exact) mass is 557 g/mol. The van der Waals surface area contributed by atoms with Crippen LogP contribution in [-0.4, -0.2) is 42.1 Å². The van der Waals surface area contributed by atoms with Gasteiger partial charge >= 0.3 is 12.1 Å². The number of nitrogens with zero attached hydrogens (tertiary/aromatic N) is 4. The Morgan fingerprint density at radius 3 is 2.45 bits per heavy atom. The SMILES string of the molecule is O=C(NCc1ccc(F)cc1F)c1nc(-c2ccn(Cc3cccnc3)c2)n2ccccc12.O=C(O)C(F)(F)F. The van der Waals surface area contributed by atoms with Crippen molar-refractivity contribution in [2.75, 3.05) is 0 Å². The maximum atomic E-state index is 13.9. The van der Waals surface area contributed by atoms with Crippen molar-refractivity contribution in [1.82, 2.24) is 24.3 Å². The van der Waals surface area contributed by atoms with Crippen molar-refractivity contribution in [3.8, 4) is 11.4 Å². The minimum atomic E-state index is -5.08. The van der Waals surface area contributed by atoms with E-state index in [2.05, 4.69) is 15.3 Å². The highest BCUT2D eigenvalue weighted by molar-refractivity contribution is 6.00. The van der Waals surface area contributed by atoms with E-state index in [9.17, 15) is 26.7 Å². The lowest BCUT2D eigenvalue weighted by Crippen LogP contribution is -2.24. The lowest BCUT2D eigenvalue weighted by atomic mass is 10.2. The topological polar surface area (TPSA) is 102 Å². The Labute approximate surface area is 223 Å². The van der Waals surface area contributed by atoms with E-state index < -0.39 is 29.7 Å². The van der Waals surface area contributed by atoms with Crippen LogP contribution in [-0.2, 0) is 17.9 Å². The Morgan fingerprint density at radius 1 is 1.00 bits per heavy atom. The van der Waals surface area contributed by atoms with Gasteiger partial charge < -0.3 is 15.0 Å². The minimum absolute atomic E-state index is 0.0758. The van der Waals surface area contributed by atoms with Crippen LogP contribution in [0.15, 0.2) is 85.6 Å². The smallest absolute Gasteiger partial charge is 0.475 e. The molecule has 206 valence electrons. The number of pyridine rings is 2. The molecule has 0 aliphatic heterocycles. The van der Waals surface area contributed by atoms with Crippen LogP contribution in [0.3, 0.4) is 0 Å². The molecule has 5 rings (SSSR count). The van der Waals surface area contributed by atoms with Gasteiger partial charge in [-0.3, -0.25) is 14.2 Å². The Morgan fingerprint density at radius 2 is 1.77 bits per heavy atom. The van der Waals surface area contributed by atoms with Gasteiger partial charge in [0.15, 0.2) is 5.69 Å². The summed E-state index contributed by atoms with van der Waals surface area (Å²) in [6, 6.07) is 14.6. The summed E-state index contributed by atoms with van der Waals surface area (Å²) < 4.78 is 62.7. The van der Waals surface area contributed by atoms with E-state index in [1.165, 1.54) is 6.07 Å². The normalized spacial score (nSPS) is 11.1. The molecule has 8 nitrogen and oxygen atoms in total. The molecule has 4 heterocycles. The van der Waals surface area contributed by atoms with Gasteiger partial charge in [0.1, 0.15) is 17.5 Å². The van der Waals surface area contributed by atoms with E-state index in [-0.39, 0.29) is 17.8 Å². The zero-order valence-electron chi connectivity index (χ0n) is 20.4. The maximum Gasteiger partial charge on any atom is 0.490 e. The van der Waals surface area contributed by atoms with Gasteiger partial charge in [-0.05, 0) is 35.9 Å². The number of halogens is 5. The van der Waals surface area contributed by atoms with Crippen molar-refractivity contribution in [3.63, 3.8) is 0 Å². The number of rotatable bonds is 6. The van der Waals surface area contributed by atoms with Crippen LogP contribution in [0, 0.1) is 11.6 Å². The number of carboxylic acids is 1. The highest BCUT2D eigenvalue weighted by Gasteiger charge is 2.38. The molecule has 1 amide bonds. The van der Waals surface area contributed by atoms with Gasteiger partial charge in [0, 0.05) is 61.3 Å². The van der Waals surface area contributed by atoms with Crippen molar-refractivity contribution in [2.45, 2.75) is 19.3 Å². The van der Waals surface area contributed by atoms with Crippen molar-refractivity contribution in [3.05, 3.63) is 114 Å². The first-order valence-corrected chi connectivity index (χ1v) is 11.6. The molecular weight excluding hydrogens is 537 g/mol. The van der Waals surface area contributed by atoms with Gasteiger partial charge in [-0.1, -0.05) is 18.2 Å². The zero-order valence-corrected chi connectivity index (χ0v) is 20.4. The highest BCUT2D eigenvalue weighted by Crippen LogP contribution is 2.24. The zero-order chi connectivity index (χ0) is 28.9. The fourth-order valence-corrected chi connectivity index (χ4v) is 3.71. The molecule has 0 atom stereocenters. The third-order valence-corrected chi connectivity index (χ3v) is 5.56. The quantitative estimate of drug-likeness (QED) is 0.284. The number of carbonyl (C=O) groups is 2. The second-order valence-electron chi connectivity index (χ2n) is 8.40. The molecule has 0 saturated heterocycles. The summed E-state index contributed by atoms with van der Waals surface area (Å²) in [6.45, 7) is 0.585. The predicted molar refractivity (Wildman–Crippen MR) is 133 cm³/mol. The van der Waals surface area contributed by atoms with Gasteiger partial charge in [0.2, 0.25) is 0 Å². The molecule has 1 aromatic carbocycles. The number of amides is 1. The summed E-state index contributed by atoms with van der Waals surface area (Å²) in [5, 5.41) is 9.81. The second kappa shape index (κ2) is 11.8. The van der Waals surface area contributed by atoms with Crippen LogP contribution in [0.5, 0.6) is 0 Å². The number of carbonyl (C=O) groups excluding carboxylic acids is 1. The number of aromatic nitrogens is 4. The molecule has 40 heavy (non-hydrogen) atoms. The van der Waals surface area contributed by atoms with Gasteiger partial charge in [0.25, 0.3) is 5.91 Å². The van der Waals surface area contributed by atoms with E-state index in [1.54, 1.807) is 12.3 Å². The Bertz CT molecular complexity index is 1650. The number of hydrogen-bond acceptors (Lipinski definition) is 4. The molecule has 0 fully saturated rings. The highest BCUT2D eigenvalue weighted by atomic mass is 19.4. The van der Waals surface area contributed by atoms with Gasteiger partial charge in [-0.2, -0.15) is 13.2 Å². The lowest BCUT2D eigenvalue weighted by Gasteiger charge is -2.05. The summed E-state index contributed by atoms with van der Waals surface area (Å²) in [5.74, 6) is -3.95. The van der Waals surface area contributed by atoms with Gasteiger partial charge in [-0.25, -0.2) is 18.6 Å². The molecular formula is C27H20F5N5O3. The van der Waals surface area contributed by atoms with Crippen molar-refractivity contribution >= 4 is 17.4 Å². The summed E-state index contributed by atoms with van der Waals surface area (Å²) in [6.07, 6.45) is 4.22. The third kappa shape index (κ3) is 6.67. The molecule has 0 aliphatic rings. The molecule has 4 aromatic heterocycles. The average Bonchev–Trinajstić information content (AvgIpc) is 3.53. The Hall–Kier alpha value is -5.07. The number of alkyl halides is 3. The predicted octanol–water partition coefficient (Wildman–Crippen LogP) is 5.09. The molecule has 0 spiro atoms. The molecule has 0 unspecified atom stereocenters. The Kier molecular flexibility index (Phi) is 8.22. The molecule has 0 bridgehead atoms. The fraction of sp³-hybridized carbons (Fsp3) is 0.111. The number of benzene rings is 1. The largest absolute Gasteiger partial charge is 0.490 e. The molecule has 0 radical (unpaired) electrons. The summed E-state index contributed by atoms with van der Waals surface area (Å²) in [5.41, 5.74) is 2.98. The molecule has 0 aliphatic carbocycles. The van der Waals surface area contributed by atoms with E-state index in [4.69, 9.17) is 9.90 Å².